The van der Waals surface area contributed by atoms with Gasteiger partial charge < -0.3 is 4.74 Å². The van der Waals surface area contributed by atoms with Gasteiger partial charge >= 0.3 is 0 Å². The van der Waals surface area contributed by atoms with Crippen LogP contribution in [0.15, 0.2) is 54.9 Å². The van der Waals surface area contributed by atoms with Gasteiger partial charge in [0, 0.05) is 18.5 Å². The number of rotatable bonds is 4. The van der Waals surface area contributed by atoms with Gasteiger partial charge in [-0.15, -0.1) is 11.3 Å². The fraction of sp³-hybridized carbons (Fsp3) is 0. The second-order valence-corrected chi connectivity index (χ2v) is 6.60. The van der Waals surface area contributed by atoms with Crippen LogP contribution in [-0.2, 0) is 0 Å². The first kappa shape index (κ1) is 16.6. The van der Waals surface area contributed by atoms with Crippen molar-refractivity contribution in [3.63, 3.8) is 0 Å². The van der Waals surface area contributed by atoms with E-state index in [2.05, 4.69) is 15.0 Å². The van der Waals surface area contributed by atoms with Gasteiger partial charge in [0.05, 0.1) is 15.8 Å². The summed E-state index contributed by atoms with van der Waals surface area (Å²) in [6.45, 7) is 0. The number of thiazole rings is 1. The molecule has 0 radical (unpaired) electrons. The summed E-state index contributed by atoms with van der Waals surface area (Å²) in [5, 5.41) is 0.290. The van der Waals surface area contributed by atoms with Crippen LogP contribution in [0.5, 0.6) is 11.6 Å². The highest BCUT2D eigenvalue weighted by Crippen LogP contribution is 2.28. The summed E-state index contributed by atoms with van der Waals surface area (Å²) < 4.78 is 20.7. The summed E-state index contributed by atoms with van der Waals surface area (Å²) in [5.74, 6) is -0.982. The number of ketones is 1. The zero-order valence-electron chi connectivity index (χ0n) is 13.0. The molecule has 4 rings (SSSR count). The number of carbonyl (C=O) groups excluding carboxylic acids is 1. The number of para-hydroxylation sites is 1. The van der Waals surface area contributed by atoms with Crippen LogP contribution in [0, 0.1) is 5.82 Å². The summed E-state index contributed by atoms with van der Waals surface area (Å²) in [7, 11) is 0. The van der Waals surface area contributed by atoms with E-state index in [-0.39, 0.29) is 27.4 Å². The summed E-state index contributed by atoms with van der Waals surface area (Å²) in [4.78, 5) is 24.6. The molecule has 4 aromatic rings. The van der Waals surface area contributed by atoms with E-state index in [9.17, 15) is 9.18 Å². The van der Waals surface area contributed by atoms with Crippen LogP contribution in [0.1, 0.15) is 15.4 Å². The fourth-order valence-corrected chi connectivity index (χ4v) is 3.38. The number of aromatic nitrogens is 3. The van der Waals surface area contributed by atoms with Gasteiger partial charge in [0.15, 0.2) is 10.2 Å². The van der Waals surface area contributed by atoms with Crippen molar-refractivity contribution in [3.8, 4) is 11.6 Å². The van der Waals surface area contributed by atoms with Gasteiger partial charge in [0.2, 0.25) is 5.78 Å². The maximum Gasteiger partial charge on any atom is 0.257 e. The Kier molecular flexibility index (Phi) is 4.32. The van der Waals surface area contributed by atoms with Gasteiger partial charge in [-0.2, -0.15) is 0 Å². The molecule has 0 spiro atoms. The minimum atomic E-state index is -0.716. The maximum absolute atomic E-state index is 14.5. The van der Waals surface area contributed by atoms with Gasteiger partial charge in [-0.1, -0.05) is 23.7 Å². The first-order chi connectivity index (χ1) is 12.6. The lowest BCUT2D eigenvalue weighted by Crippen LogP contribution is -2.04. The number of hydrogen-bond donors (Lipinski definition) is 0. The Morgan fingerprint density at radius 3 is 2.69 bits per heavy atom. The molecule has 0 aliphatic rings. The van der Waals surface area contributed by atoms with Crippen molar-refractivity contribution >= 4 is 38.9 Å². The van der Waals surface area contributed by atoms with Crippen LogP contribution in [0.4, 0.5) is 4.39 Å². The molecule has 0 bridgehead atoms. The van der Waals surface area contributed by atoms with Gasteiger partial charge in [-0.05, 0) is 24.3 Å². The second-order valence-electron chi connectivity index (χ2n) is 5.21. The molecule has 0 saturated carbocycles. The summed E-state index contributed by atoms with van der Waals surface area (Å²) in [6.07, 6.45) is 2.82. The van der Waals surface area contributed by atoms with Crippen LogP contribution in [0.25, 0.3) is 10.2 Å². The molecule has 0 amide bonds. The third-order valence-corrected chi connectivity index (χ3v) is 4.81. The van der Waals surface area contributed by atoms with Crippen LogP contribution in [-0.4, -0.2) is 20.7 Å². The molecule has 5 nitrogen and oxygen atoms in total. The van der Waals surface area contributed by atoms with Crippen molar-refractivity contribution in [2.75, 3.05) is 0 Å². The summed E-state index contributed by atoms with van der Waals surface area (Å²) in [5.41, 5.74) is 0.625. The number of hydrogen-bond acceptors (Lipinski definition) is 6. The Hall–Kier alpha value is -2.90. The largest absolute Gasteiger partial charge is 0.436 e. The monoisotopic (exact) mass is 385 g/mol. The van der Waals surface area contributed by atoms with Crippen molar-refractivity contribution in [2.24, 2.45) is 0 Å². The predicted octanol–water partition coefficient (Wildman–Crippen LogP) is 4.90. The van der Waals surface area contributed by atoms with Gasteiger partial charge in [-0.25, -0.2) is 19.3 Å². The van der Waals surface area contributed by atoms with Gasteiger partial charge in [-0.3, -0.25) is 4.79 Å². The van der Waals surface area contributed by atoms with E-state index in [4.69, 9.17) is 16.3 Å². The number of fused-ring (bicyclic) bond motifs is 1. The smallest absolute Gasteiger partial charge is 0.257 e. The molecule has 0 saturated heterocycles. The molecule has 0 fully saturated rings. The molecule has 2 heterocycles. The average Bonchev–Trinajstić information content (AvgIpc) is 3.07. The first-order valence-electron chi connectivity index (χ1n) is 7.46. The quantitative estimate of drug-likeness (QED) is 0.467. The molecule has 0 unspecified atom stereocenters. The molecule has 0 atom stereocenters. The lowest BCUT2D eigenvalue weighted by atomic mass is 10.1. The molecule has 8 heteroatoms. The molecular formula is C18H9ClFN3O2S. The molecule has 26 heavy (non-hydrogen) atoms. The number of carbonyl (C=O) groups is 1. The minimum absolute atomic E-state index is 0.0545. The van der Waals surface area contributed by atoms with Crippen LogP contribution in [0.3, 0.4) is 0 Å². The summed E-state index contributed by atoms with van der Waals surface area (Å²) in [6, 6.07) is 11.3. The van der Waals surface area contributed by atoms with Crippen LogP contribution < -0.4 is 4.74 Å². The molecule has 0 aliphatic heterocycles. The van der Waals surface area contributed by atoms with E-state index in [0.29, 0.717) is 5.52 Å². The molecule has 0 aliphatic carbocycles. The zero-order chi connectivity index (χ0) is 18.1. The molecule has 128 valence electrons. The number of ether oxygens (including phenoxy) is 1. The third kappa shape index (κ3) is 3.14. The lowest BCUT2D eigenvalue weighted by Gasteiger charge is -2.07. The Balaban J connectivity index is 1.63. The average molecular weight is 386 g/mol. The predicted molar refractivity (Wildman–Crippen MR) is 96.6 cm³/mol. The second kappa shape index (κ2) is 6.78. The van der Waals surface area contributed by atoms with E-state index in [1.807, 2.05) is 18.2 Å². The molecule has 0 N–H and O–H groups in total. The van der Waals surface area contributed by atoms with Crippen LogP contribution >= 0.6 is 22.9 Å². The van der Waals surface area contributed by atoms with Crippen molar-refractivity contribution in [3.05, 3.63) is 76.4 Å². The van der Waals surface area contributed by atoms with Crippen molar-refractivity contribution in [2.45, 2.75) is 0 Å². The number of nitrogens with zero attached hydrogens (tertiary/aromatic N) is 3. The topological polar surface area (TPSA) is 65.0 Å². The van der Waals surface area contributed by atoms with Crippen molar-refractivity contribution in [1.29, 1.82) is 0 Å². The molecular weight excluding hydrogens is 377 g/mol. The van der Waals surface area contributed by atoms with E-state index in [0.717, 1.165) is 10.8 Å². The highest BCUT2D eigenvalue weighted by molar-refractivity contribution is 7.20. The van der Waals surface area contributed by atoms with Gasteiger partial charge in [0.1, 0.15) is 11.6 Å². The van der Waals surface area contributed by atoms with Crippen molar-refractivity contribution < 1.29 is 13.9 Å². The number of benzene rings is 2. The Morgan fingerprint density at radius 2 is 1.92 bits per heavy atom. The normalized spacial score (nSPS) is 10.8. The standard InChI is InChI=1S/C18H9ClFN3O2S/c19-16-17(22-8-7-21-16)25-10-5-6-11(12(20)9-10)15(24)18-23-13-3-1-2-4-14(13)26-18/h1-9H. The Bertz CT molecular complexity index is 1100. The molecule has 2 aromatic heterocycles. The van der Waals surface area contributed by atoms with Gasteiger partial charge in [0.25, 0.3) is 5.88 Å². The highest BCUT2D eigenvalue weighted by atomic mass is 35.5. The Labute approximate surface area is 156 Å². The SMILES string of the molecule is O=C(c1nc2ccccc2s1)c1ccc(Oc2nccnc2Cl)cc1F. The van der Waals surface area contributed by atoms with E-state index in [1.54, 1.807) is 6.07 Å². The highest BCUT2D eigenvalue weighted by Gasteiger charge is 2.19. The van der Waals surface area contributed by atoms with Crippen molar-refractivity contribution in [1.82, 2.24) is 15.0 Å². The third-order valence-electron chi connectivity index (χ3n) is 3.51. The van der Waals surface area contributed by atoms with E-state index < -0.39 is 11.6 Å². The first-order valence-corrected chi connectivity index (χ1v) is 8.65. The Morgan fingerprint density at radius 1 is 1.12 bits per heavy atom. The molecule has 2 aromatic carbocycles. The van der Waals surface area contributed by atoms with E-state index in [1.165, 1.54) is 35.9 Å². The maximum atomic E-state index is 14.5. The zero-order valence-corrected chi connectivity index (χ0v) is 14.6. The summed E-state index contributed by atoms with van der Waals surface area (Å²) >= 11 is 7.08. The fourth-order valence-electron chi connectivity index (χ4n) is 2.32. The van der Waals surface area contributed by atoms with Crippen LogP contribution in [0.2, 0.25) is 5.15 Å². The number of halogens is 2. The minimum Gasteiger partial charge on any atom is -0.436 e. The lowest BCUT2D eigenvalue weighted by molar-refractivity contribution is 0.103. The van der Waals surface area contributed by atoms with E-state index >= 15 is 0 Å².